The van der Waals surface area contributed by atoms with Gasteiger partial charge in [0, 0.05) is 24.1 Å². The largest absolute Gasteiger partial charge is 0.324 e. The monoisotopic (exact) mass is 515 g/mol. The number of nitrogens with one attached hydrogen (secondary N) is 3. The van der Waals surface area contributed by atoms with E-state index in [1.807, 2.05) is 49.4 Å². The van der Waals surface area contributed by atoms with Crippen LogP contribution in [-0.4, -0.2) is 40.5 Å². The van der Waals surface area contributed by atoms with Crippen molar-refractivity contribution >= 4 is 29.1 Å². The molecule has 0 radical (unpaired) electrons. The van der Waals surface area contributed by atoms with E-state index in [0.29, 0.717) is 11.5 Å². The van der Waals surface area contributed by atoms with E-state index >= 15 is 0 Å². The summed E-state index contributed by atoms with van der Waals surface area (Å²) in [5.41, 5.74) is 4.04. The summed E-state index contributed by atoms with van der Waals surface area (Å²) in [6.45, 7) is 11.3. The predicted octanol–water partition coefficient (Wildman–Crippen LogP) is 5.36. The summed E-state index contributed by atoms with van der Waals surface area (Å²) in [4.78, 5) is 37.7. The minimum Gasteiger partial charge on any atom is -0.317 e. The number of ketones is 2. The average Bonchev–Trinajstić information content (AvgIpc) is 3.30. The minimum atomic E-state index is -0.461. The van der Waals surface area contributed by atoms with Crippen LogP contribution in [0.25, 0.3) is 5.69 Å². The summed E-state index contributed by atoms with van der Waals surface area (Å²) in [7, 11) is 0. The van der Waals surface area contributed by atoms with Gasteiger partial charge < -0.3 is 10.6 Å². The van der Waals surface area contributed by atoms with Gasteiger partial charge in [0.05, 0.1) is 17.3 Å². The quantitative estimate of drug-likeness (QED) is 0.367. The van der Waals surface area contributed by atoms with Gasteiger partial charge in [0.25, 0.3) is 0 Å². The van der Waals surface area contributed by atoms with Crippen LogP contribution in [0.5, 0.6) is 0 Å². The maximum atomic E-state index is 13.0. The lowest BCUT2D eigenvalue weighted by Gasteiger charge is -2.29. The molecule has 1 unspecified atom stereocenters. The molecule has 8 heteroatoms. The highest BCUT2D eigenvalue weighted by molar-refractivity contribution is 6.38. The van der Waals surface area contributed by atoms with Gasteiger partial charge in [-0.15, -0.1) is 0 Å². The van der Waals surface area contributed by atoms with Crippen molar-refractivity contribution < 1.29 is 14.4 Å². The molecule has 3 aromatic rings. The van der Waals surface area contributed by atoms with Crippen LogP contribution in [0.4, 0.5) is 16.3 Å². The molecule has 1 atom stereocenters. The topological polar surface area (TPSA) is 105 Å². The van der Waals surface area contributed by atoms with Crippen molar-refractivity contribution in [3.63, 3.8) is 0 Å². The van der Waals surface area contributed by atoms with Crippen molar-refractivity contribution in [3.8, 4) is 5.69 Å². The van der Waals surface area contributed by atoms with Crippen molar-refractivity contribution in [3.05, 3.63) is 71.4 Å². The predicted molar refractivity (Wildman–Crippen MR) is 150 cm³/mol. The third kappa shape index (κ3) is 6.37. The lowest BCUT2D eigenvalue weighted by atomic mass is 9.77. The summed E-state index contributed by atoms with van der Waals surface area (Å²) < 4.78 is 1.74. The highest BCUT2D eigenvalue weighted by Crippen LogP contribution is 2.33. The average molecular weight is 516 g/mol. The Hall–Kier alpha value is -3.78. The summed E-state index contributed by atoms with van der Waals surface area (Å²) >= 11 is 0. The fraction of sp³-hybridized carbons (Fsp3) is 0.400. The zero-order valence-corrected chi connectivity index (χ0v) is 22.8. The number of anilines is 2. The Morgan fingerprint density at radius 1 is 0.974 bits per heavy atom. The molecule has 0 spiro atoms. The molecule has 200 valence electrons. The minimum absolute atomic E-state index is 0.119. The first-order valence-electron chi connectivity index (χ1n) is 13.1. The van der Waals surface area contributed by atoms with Crippen molar-refractivity contribution in [2.45, 2.75) is 58.8 Å². The Balaban J connectivity index is 1.52. The van der Waals surface area contributed by atoms with E-state index in [2.05, 4.69) is 36.7 Å². The number of piperidine rings is 1. The summed E-state index contributed by atoms with van der Waals surface area (Å²) in [5.74, 6) is -0.554. The van der Waals surface area contributed by atoms with E-state index in [4.69, 9.17) is 5.10 Å². The van der Waals surface area contributed by atoms with Gasteiger partial charge in [-0.1, -0.05) is 50.6 Å². The van der Waals surface area contributed by atoms with Crippen LogP contribution in [-0.2, 0) is 15.0 Å². The number of rotatable bonds is 7. The Morgan fingerprint density at radius 2 is 1.61 bits per heavy atom. The zero-order chi connectivity index (χ0) is 27.4. The summed E-state index contributed by atoms with van der Waals surface area (Å²) in [5, 5.41) is 13.9. The second-order valence-electron chi connectivity index (χ2n) is 11.1. The second kappa shape index (κ2) is 11.3. The van der Waals surface area contributed by atoms with E-state index < -0.39 is 17.7 Å². The van der Waals surface area contributed by atoms with Crippen molar-refractivity contribution in [2.24, 2.45) is 5.92 Å². The van der Waals surface area contributed by atoms with Crippen LogP contribution < -0.4 is 16.0 Å². The van der Waals surface area contributed by atoms with Crippen LogP contribution in [0, 0.1) is 12.8 Å². The first-order chi connectivity index (χ1) is 18.0. The number of urea groups is 1. The fourth-order valence-electron chi connectivity index (χ4n) is 4.81. The highest BCUT2D eigenvalue weighted by Gasteiger charge is 2.33. The van der Waals surface area contributed by atoms with Crippen molar-refractivity contribution in [1.29, 1.82) is 0 Å². The van der Waals surface area contributed by atoms with Crippen LogP contribution in [0.1, 0.15) is 63.3 Å². The molecule has 2 heterocycles. The van der Waals surface area contributed by atoms with Gasteiger partial charge in [-0.25, -0.2) is 9.48 Å². The van der Waals surface area contributed by atoms with E-state index in [0.717, 1.165) is 48.4 Å². The Bertz CT molecular complexity index is 1300. The molecule has 3 N–H and O–H groups in total. The smallest absolute Gasteiger partial charge is 0.317 e. The molecule has 0 bridgehead atoms. The second-order valence-corrected chi connectivity index (χ2v) is 11.1. The van der Waals surface area contributed by atoms with Gasteiger partial charge in [-0.05, 0) is 68.6 Å². The van der Waals surface area contributed by atoms with Crippen molar-refractivity contribution in [1.82, 2.24) is 15.1 Å². The Labute approximate surface area is 224 Å². The number of aromatic nitrogens is 2. The number of Topliss-reactive ketones (excluding diaryl/α,β-unsaturated/α-hetero) is 2. The maximum Gasteiger partial charge on any atom is 0.324 e. The van der Waals surface area contributed by atoms with Gasteiger partial charge >= 0.3 is 6.03 Å². The molecule has 1 fully saturated rings. The summed E-state index contributed by atoms with van der Waals surface area (Å²) in [6, 6.07) is 16.6. The molecule has 0 saturated carbocycles. The number of amides is 2. The van der Waals surface area contributed by atoms with Gasteiger partial charge in [0.1, 0.15) is 5.82 Å². The molecule has 38 heavy (non-hydrogen) atoms. The number of hydrogen-bond donors (Lipinski definition) is 3. The normalized spacial score (nSPS) is 15.1. The standard InChI is InChI=1S/C30H37N5O3/c1-19-6-12-24(13-7-19)35-26(18-25(34-35)30(3,4)5)33-29(38)32-23-10-8-21(9-11-23)27(28(37)20(2)36)22-14-16-31-17-15-22/h6-13,18,22,27,31H,14-17H2,1-5H3,(H2,32,33,38). The van der Waals surface area contributed by atoms with Crippen LogP contribution in [0.2, 0.25) is 0 Å². The molecule has 1 saturated heterocycles. The Morgan fingerprint density at radius 3 is 2.18 bits per heavy atom. The third-order valence-corrected chi connectivity index (χ3v) is 7.01. The van der Waals surface area contributed by atoms with Gasteiger partial charge in [0.15, 0.2) is 5.78 Å². The molecule has 4 rings (SSSR count). The number of aryl methyl sites for hydroxylation is 1. The lowest BCUT2D eigenvalue weighted by Crippen LogP contribution is -2.35. The van der Waals surface area contributed by atoms with Crippen LogP contribution in [0.15, 0.2) is 54.6 Å². The molecule has 1 aromatic heterocycles. The number of benzene rings is 2. The number of hydrogen-bond acceptors (Lipinski definition) is 5. The molecule has 2 aromatic carbocycles. The molecular weight excluding hydrogens is 478 g/mol. The van der Waals surface area contributed by atoms with Crippen LogP contribution >= 0.6 is 0 Å². The first kappa shape index (κ1) is 27.3. The molecular formula is C30H37N5O3. The van der Waals surface area contributed by atoms with Crippen LogP contribution in [0.3, 0.4) is 0 Å². The first-order valence-corrected chi connectivity index (χ1v) is 13.1. The fourth-order valence-corrected chi connectivity index (χ4v) is 4.81. The number of carbonyl (C=O) groups is 3. The Kier molecular flexibility index (Phi) is 8.11. The maximum absolute atomic E-state index is 13.0. The molecule has 2 amide bonds. The van der Waals surface area contributed by atoms with E-state index in [-0.39, 0.29) is 17.1 Å². The summed E-state index contributed by atoms with van der Waals surface area (Å²) in [6.07, 6.45) is 1.69. The molecule has 1 aliphatic rings. The van der Waals surface area contributed by atoms with Gasteiger partial charge in [-0.3, -0.25) is 14.9 Å². The third-order valence-electron chi connectivity index (χ3n) is 7.01. The lowest BCUT2D eigenvalue weighted by molar-refractivity contribution is -0.137. The number of carbonyl (C=O) groups excluding carboxylic acids is 3. The van der Waals surface area contributed by atoms with E-state index in [9.17, 15) is 14.4 Å². The van der Waals surface area contributed by atoms with Crippen molar-refractivity contribution in [2.75, 3.05) is 23.7 Å². The highest BCUT2D eigenvalue weighted by atomic mass is 16.2. The molecule has 1 aliphatic heterocycles. The van der Waals surface area contributed by atoms with E-state index in [1.54, 1.807) is 16.8 Å². The van der Waals surface area contributed by atoms with Gasteiger partial charge in [-0.2, -0.15) is 5.10 Å². The molecule has 8 nitrogen and oxygen atoms in total. The molecule has 0 aliphatic carbocycles. The van der Waals surface area contributed by atoms with Gasteiger partial charge in [0.2, 0.25) is 5.78 Å². The SMILES string of the molecule is CC(=O)C(=O)C(c1ccc(NC(=O)Nc2cc(C(C)(C)C)nn2-c2ccc(C)cc2)cc1)C1CCNCC1. The zero-order valence-electron chi connectivity index (χ0n) is 22.8. The van der Waals surface area contributed by atoms with E-state index in [1.165, 1.54) is 6.92 Å². The number of nitrogens with zero attached hydrogens (tertiary/aromatic N) is 2.